The zero-order valence-electron chi connectivity index (χ0n) is 20.3. The fourth-order valence-electron chi connectivity index (χ4n) is 4.16. The van der Waals surface area contributed by atoms with Crippen molar-refractivity contribution in [1.82, 2.24) is 0 Å². The Morgan fingerprint density at radius 3 is 2.38 bits per heavy atom. The third-order valence-electron chi connectivity index (χ3n) is 5.87. The van der Waals surface area contributed by atoms with Crippen molar-refractivity contribution in [1.29, 1.82) is 0 Å². The molecule has 0 bridgehead atoms. The van der Waals surface area contributed by atoms with E-state index in [1.807, 2.05) is 36.4 Å². The third-order valence-corrected chi connectivity index (χ3v) is 12.1. The summed E-state index contributed by atoms with van der Waals surface area (Å²) in [7, 11) is -8.03. The van der Waals surface area contributed by atoms with Crippen molar-refractivity contribution in [3.05, 3.63) is 69.3 Å². The van der Waals surface area contributed by atoms with Gasteiger partial charge in [0.25, 0.3) is 0 Å². The summed E-state index contributed by atoms with van der Waals surface area (Å²) in [5.41, 5.74) is 3.29. The van der Waals surface area contributed by atoms with E-state index in [1.165, 1.54) is 8.72 Å². The summed E-state index contributed by atoms with van der Waals surface area (Å²) in [6.45, 7) is 3.09. The van der Waals surface area contributed by atoms with E-state index < -0.39 is 20.2 Å². The van der Waals surface area contributed by atoms with E-state index in [9.17, 15) is 25.9 Å². The summed E-state index contributed by atoms with van der Waals surface area (Å²) in [6, 6.07) is 16.3. The summed E-state index contributed by atoms with van der Waals surface area (Å²) >= 11 is 0.124. The molecule has 0 spiro atoms. The normalized spacial score (nSPS) is 15.6. The minimum absolute atomic E-state index is 0.0621. The molecule has 12 heteroatoms. The molecule has 0 radical (unpaired) electrons. The van der Waals surface area contributed by atoms with Crippen molar-refractivity contribution in [3.8, 4) is 0 Å². The molecule has 0 atom stereocenters. The van der Waals surface area contributed by atoms with Crippen LogP contribution in [0.5, 0.6) is 0 Å². The van der Waals surface area contributed by atoms with Crippen molar-refractivity contribution in [3.63, 3.8) is 0 Å². The van der Waals surface area contributed by atoms with Crippen molar-refractivity contribution < 1.29 is 30.5 Å². The van der Waals surface area contributed by atoms with Gasteiger partial charge in [-0.25, -0.2) is 0 Å². The maximum atomic E-state index is 11.3. The molecule has 0 aliphatic carbocycles. The van der Waals surface area contributed by atoms with Crippen LogP contribution in [0.4, 0.5) is 5.69 Å². The zero-order chi connectivity index (χ0) is 26.6. The van der Waals surface area contributed by atoms with Gasteiger partial charge >= 0.3 is 231 Å². The summed E-state index contributed by atoms with van der Waals surface area (Å²) in [5.74, 6) is -0.556. The Kier molecular flexibility index (Phi) is 9.14. The number of hydrogen-bond acceptors (Lipinski definition) is 5. The predicted molar refractivity (Wildman–Crippen MR) is 149 cm³/mol. The number of fused-ring (bicyclic) bond motifs is 2. The number of anilines is 1. The van der Waals surface area contributed by atoms with Crippen LogP contribution in [0.1, 0.15) is 30.8 Å². The summed E-state index contributed by atoms with van der Waals surface area (Å²) < 4.78 is 70.3. The molecule has 2 aromatic carbocycles. The van der Waals surface area contributed by atoms with Gasteiger partial charge in [0.15, 0.2) is 0 Å². The van der Waals surface area contributed by atoms with Crippen molar-refractivity contribution >= 4 is 75.7 Å². The molecule has 3 aromatic rings. The van der Waals surface area contributed by atoms with Gasteiger partial charge in [-0.05, 0) is 0 Å². The number of benzene rings is 2. The third kappa shape index (κ3) is 7.65. The van der Waals surface area contributed by atoms with E-state index in [0.29, 0.717) is 25.9 Å². The second kappa shape index (κ2) is 12.0. The van der Waals surface area contributed by atoms with Crippen LogP contribution in [-0.4, -0.2) is 73.5 Å². The Labute approximate surface area is 230 Å². The maximum absolute atomic E-state index is 11.3. The van der Waals surface area contributed by atoms with E-state index >= 15 is 0 Å². The molecular formula is C25H29N2O6S2Se2+. The molecule has 37 heavy (non-hydrogen) atoms. The number of hydrogen-bond donors (Lipinski definition) is 2. The summed E-state index contributed by atoms with van der Waals surface area (Å²) in [6.07, 6.45) is 5.82. The number of nitrogens with zero attached hydrogens (tertiary/aromatic N) is 2. The molecule has 0 fully saturated rings. The van der Waals surface area contributed by atoms with Crippen LogP contribution in [0.3, 0.4) is 0 Å². The van der Waals surface area contributed by atoms with Crippen LogP contribution in [-0.2, 0) is 26.8 Å². The van der Waals surface area contributed by atoms with Crippen molar-refractivity contribution in [2.24, 2.45) is 0 Å². The molecular weight excluding hydrogens is 646 g/mol. The summed E-state index contributed by atoms with van der Waals surface area (Å²) in [5, 5.41) is 0. The fraction of sp³-hybridized carbons (Fsp3) is 0.320. The first kappa shape index (κ1) is 28.3. The van der Waals surface area contributed by atoms with Gasteiger partial charge < -0.3 is 0 Å². The monoisotopic (exact) mass is 677 g/mol. The van der Waals surface area contributed by atoms with E-state index in [2.05, 4.69) is 40.7 Å². The topological polar surface area (TPSA) is 116 Å². The van der Waals surface area contributed by atoms with Crippen molar-refractivity contribution in [2.45, 2.75) is 32.7 Å². The number of allylic oxidation sites excluding steroid dienone is 2. The van der Waals surface area contributed by atoms with E-state index in [1.54, 1.807) is 0 Å². The molecule has 1 aromatic heterocycles. The Bertz CT molecular complexity index is 1560. The molecule has 0 unspecified atom stereocenters. The average molecular weight is 676 g/mol. The van der Waals surface area contributed by atoms with Gasteiger partial charge in [0.05, 0.1) is 0 Å². The van der Waals surface area contributed by atoms with Crippen LogP contribution < -0.4 is 13.9 Å². The number of para-hydroxylation sites is 2. The molecule has 0 amide bonds. The van der Waals surface area contributed by atoms with Gasteiger partial charge in [0, 0.05) is 0 Å². The Morgan fingerprint density at radius 1 is 0.973 bits per heavy atom. The van der Waals surface area contributed by atoms with Crippen LogP contribution in [0.25, 0.3) is 15.9 Å². The van der Waals surface area contributed by atoms with Crippen LogP contribution >= 0.6 is 0 Å². The first-order valence-corrected chi connectivity index (χ1v) is 18.5. The Morgan fingerprint density at radius 2 is 1.65 bits per heavy atom. The second-order valence-corrected chi connectivity index (χ2v) is 16.2. The number of aryl methyl sites for hydroxylation is 1. The predicted octanol–water partition coefficient (Wildman–Crippen LogP) is 2.22. The zero-order valence-corrected chi connectivity index (χ0v) is 25.3. The van der Waals surface area contributed by atoms with Crippen LogP contribution in [0, 0.1) is 0 Å². The molecule has 1 aliphatic heterocycles. The molecule has 4 rings (SSSR count). The number of rotatable bonds is 11. The molecule has 0 saturated carbocycles. The molecule has 0 saturated heterocycles. The minimum atomic E-state index is -4.02. The summed E-state index contributed by atoms with van der Waals surface area (Å²) in [4.78, 5) is 2.16. The quantitative estimate of drug-likeness (QED) is 0.182. The van der Waals surface area contributed by atoms with Gasteiger partial charge in [-0.2, -0.15) is 0 Å². The SMILES string of the molecule is CCC(=Cc1[se]c2ccccc2[n+]1CCCS(=O)(=O)O)C=C1[Se]c2ccccc2N1CCCS(=O)(=O)O. The van der Waals surface area contributed by atoms with E-state index in [-0.39, 0.29) is 41.0 Å². The number of aromatic nitrogens is 1. The standard InChI is InChI=1S/C25H28N2O6S2Se2/c1-2-19(17-24-26(13-7-15-34(28,29)30)20-9-3-5-11-22(20)36-24)18-25-27(14-8-16-35(31,32)33)21-10-4-6-12-23(21)37-25/h3-6,9-12,17-18H,2,7-8,13-16H2,1H3,(H-,28,29,30,31,32,33)/p+1. The van der Waals surface area contributed by atoms with Gasteiger partial charge in [-0.15, -0.1) is 0 Å². The van der Waals surface area contributed by atoms with Gasteiger partial charge in [-0.1, -0.05) is 0 Å². The molecule has 198 valence electrons. The average Bonchev–Trinajstić information content (AvgIpc) is 3.35. The van der Waals surface area contributed by atoms with E-state index in [0.717, 1.165) is 32.4 Å². The van der Waals surface area contributed by atoms with Crippen molar-refractivity contribution in [2.75, 3.05) is 23.0 Å². The molecule has 2 N–H and O–H groups in total. The molecule has 1 aliphatic rings. The van der Waals surface area contributed by atoms with Crippen LogP contribution in [0.2, 0.25) is 0 Å². The Balaban J connectivity index is 1.67. The molecule has 2 heterocycles. The molecule has 8 nitrogen and oxygen atoms in total. The van der Waals surface area contributed by atoms with E-state index in [4.69, 9.17) is 0 Å². The Hall–Kier alpha value is -1.75. The van der Waals surface area contributed by atoms with Gasteiger partial charge in [0.2, 0.25) is 0 Å². The second-order valence-electron chi connectivity index (χ2n) is 8.62. The fourth-order valence-corrected chi connectivity index (χ4v) is 10.0. The first-order valence-electron chi connectivity index (χ1n) is 11.8. The van der Waals surface area contributed by atoms with Crippen LogP contribution in [0.15, 0.2) is 64.8 Å². The van der Waals surface area contributed by atoms with Gasteiger partial charge in [-0.3, -0.25) is 0 Å². The first-order chi connectivity index (χ1) is 17.5. The van der Waals surface area contributed by atoms with Gasteiger partial charge in [0.1, 0.15) is 0 Å².